The van der Waals surface area contributed by atoms with E-state index < -0.39 is 0 Å². The maximum absolute atomic E-state index is 3.69. The maximum Gasteiger partial charge on any atom is 0.0124 e. The molecule has 1 aliphatic carbocycles. The Labute approximate surface area is 107 Å². The van der Waals surface area contributed by atoms with E-state index in [4.69, 9.17) is 0 Å². The van der Waals surface area contributed by atoms with Crippen LogP contribution in [0.1, 0.15) is 59.3 Å². The van der Waals surface area contributed by atoms with Gasteiger partial charge in [0.05, 0.1) is 0 Å². The second-order valence-electron chi connectivity index (χ2n) is 6.60. The minimum atomic E-state index is 0.311. The number of nitrogens with one attached hydrogen (secondary N) is 1. The van der Waals surface area contributed by atoms with Gasteiger partial charge in [-0.15, -0.1) is 0 Å². The van der Waals surface area contributed by atoms with Crippen LogP contribution in [0.4, 0.5) is 0 Å². The van der Waals surface area contributed by atoms with E-state index in [0.29, 0.717) is 5.54 Å². The van der Waals surface area contributed by atoms with Crippen molar-refractivity contribution in [2.24, 2.45) is 5.92 Å². The molecule has 0 spiro atoms. The van der Waals surface area contributed by atoms with Gasteiger partial charge in [-0.1, -0.05) is 19.8 Å². The number of nitrogens with zero attached hydrogens (tertiary/aromatic N) is 1. The molecule has 2 fully saturated rings. The molecular weight excluding hydrogens is 208 g/mol. The molecule has 1 heterocycles. The highest BCUT2D eigenvalue weighted by atomic mass is 15.2. The van der Waals surface area contributed by atoms with E-state index in [2.05, 4.69) is 31.0 Å². The summed E-state index contributed by atoms with van der Waals surface area (Å²) in [7, 11) is 0. The lowest BCUT2D eigenvalue weighted by Crippen LogP contribution is -2.45. The third-order valence-corrected chi connectivity index (χ3v) is 5.01. The molecule has 0 aromatic carbocycles. The first-order chi connectivity index (χ1) is 8.12. The van der Waals surface area contributed by atoms with Crippen LogP contribution in [0.25, 0.3) is 0 Å². The van der Waals surface area contributed by atoms with Crippen molar-refractivity contribution in [2.45, 2.75) is 70.9 Å². The molecule has 1 aliphatic heterocycles. The third kappa shape index (κ3) is 3.45. The standard InChI is InChI=1S/C15H30N2/c1-4-15(2,3)16-10-12-17-11-9-13-7-5-6-8-14(13)17/h13-14,16H,4-12H2,1-3H3. The predicted octanol–water partition coefficient (Wildman–Crippen LogP) is 3.03. The first-order valence-corrected chi connectivity index (χ1v) is 7.61. The van der Waals surface area contributed by atoms with Gasteiger partial charge >= 0.3 is 0 Å². The van der Waals surface area contributed by atoms with Crippen molar-refractivity contribution in [3.63, 3.8) is 0 Å². The lowest BCUT2D eigenvalue weighted by Gasteiger charge is -2.33. The van der Waals surface area contributed by atoms with Gasteiger partial charge in [0.1, 0.15) is 0 Å². The Kier molecular flexibility index (Phi) is 4.48. The zero-order chi connectivity index (χ0) is 12.3. The van der Waals surface area contributed by atoms with Crippen LogP contribution in [0.2, 0.25) is 0 Å². The molecule has 0 aromatic rings. The Balaban J connectivity index is 1.73. The van der Waals surface area contributed by atoms with Crippen LogP contribution in [0.15, 0.2) is 0 Å². The average molecular weight is 238 g/mol. The zero-order valence-electron chi connectivity index (χ0n) is 12.0. The van der Waals surface area contributed by atoms with Crippen LogP contribution < -0.4 is 5.32 Å². The summed E-state index contributed by atoms with van der Waals surface area (Å²) in [5.41, 5.74) is 0.311. The van der Waals surface area contributed by atoms with Crippen LogP contribution in [-0.4, -0.2) is 36.1 Å². The smallest absolute Gasteiger partial charge is 0.0124 e. The molecule has 2 aliphatic rings. The monoisotopic (exact) mass is 238 g/mol. The van der Waals surface area contributed by atoms with Crippen LogP contribution >= 0.6 is 0 Å². The quantitative estimate of drug-likeness (QED) is 0.792. The van der Waals surface area contributed by atoms with Crippen LogP contribution in [0.5, 0.6) is 0 Å². The van der Waals surface area contributed by atoms with Gasteiger partial charge < -0.3 is 5.32 Å². The summed E-state index contributed by atoms with van der Waals surface area (Å²) in [4.78, 5) is 2.75. The van der Waals surface area contributed by atoms with Gasteiger partial charge in [-0.05, 0) is 52.0 Å². The van der Waals surface area contributed by atoms with Gasteiger partial charge in [-0.3, -0.25) is 4.90 Å². The van der Waals surface area contributed by atoms with Gasteiger partial charge in [0.15, 0.2) is 0 Å². The Bertz CT molecular complexity index is 237. The Morgan fingerprint density at radius 3 is 2.71 bits per heavy atom. The van der Waals surface area contributed by atoms with E-state index in [0.717, 1.165) is 18.5 Å². The molecule has 0 radical (unpaired) electrons. The van der Waals surface area contributed by atoms with E-state index in [1.165, 1.54) is 51.6 Å². The zero-order valence-corrected chi connectivity index (χ0v) is 12.0. The minimum Gasteiger partial charge on any atom is -0.311 e. The van der Waals surface area contributed by atoms with Crippen LogP contribution in [0, 0.1) is 5.92 Å². The molecule has 1 saturated carbocycles. The van der Waals surface area contributed by atoms with Crippen molar-refractivity contribution >= 4 is 0 Å². The lowest BCUT2D eigenvalue weighted by molar-refractivity contribution is 0.178. The third-order valence-electron chi connectivity index (χ3n) is 5.01. The highest BCUT2D eigenvalue weighted by molar-refractivity contribution is 4.90. The lowest BCUT2D eigenvalue weighted by atomic mass is 9.85. The molecule has 17 heavy (non-hydrogen) atoms. The summed E-state index contributed by atoms with van der Waals surface area (Å²) in [5, 5.41) is 3.69. The van der Waals surface area contributed by atoms with Crippen molar-refractivity contribution in [1.29, 1.82) is 0 Å². The average Bonchev–Trinajstić information content (AvgIpc) is 2.73. The normalized spacial score (nSPS) is 30.5. The van der Waals surface area contributed by atoms with Crippen LogP contribution in [0.3, 0.4) is 0 Å². The van der Waals surface area contributed by atoms with E-state index >= 15 is 0 Å². The first kappa shape index (κ1) is 13.4. The molecule has 1 N–H and O–H groups in total. The summed E-state index contributed by atoms with van der Waals surface area (Å²) in [6.07, 6.45) is 8.57. The summed E-state index contributed by atoms with van der Waals surface area (Å²) in [6.45, 7) is 10.6. The van der Waals surface area contributed by atoms with Crippen molar-refractivity contribution in [3.05, 3.63) is 0 Å². The molecule has 0 amide bonds. The Morgan fingerprint density at radius 1 is 1.18 bits per heavy atom. The largest absolute Gasteiger partial charge is 0.311 e. The number of likely N-dealkylation sites (tertiary alicyclic amines) is 1. The Morgan fingerprint density at radius 2 is 1.94 bits per heavy atom. The van der Waals surface area contributed by atoms with Gasteiger partial charge in [-0.25, -0.2) is 0 Å². The van der Waals surface area contributed by atoms with Gasteiger partial charge in [0.2, 0.25) is 0 Å². The van der Waals surface area contributed by atoms with E-state index in [1.54, 1.807) is 0 Å². The van der Waals surface area contributed by atoms with Gasteiger partial charge in [0, 0.05) is 24.7 Å². The van der Waals surface area contributed by atoms with Crippen molar-refractivity contribution < 1.29 is 0 Å². The van der Waals surface area contributed by atoms with E-state index in [-0.39, 0.29) is 0 Å². The molecule has 2 unspecified atom stereocenters. The van der Waals surface area contributed by atoms with E-state index in [9.17, 15) is 0 Å². The fourth-order valence-corrected chi connectivity index (χ4v) is 3.44. The second kappa shape index (κ2) is 5.71. The summed E-state index contributed by atoms with van der Waals surface area (Å²) in [6, 6.07) is 0.926. The molecule has 2 atom stereocenters. The van der Waals surface area contributed by atoms with Gasteiger partial charge in [0.25, 0.3) is 0 Å². The Hall–Kier alpha value is -0.0800. The SMILES string of the molecule is CCC(C)(C)NCCN1CCC2CCCCC21. The fourth-order valence-electron chi connectivity index (χ4n) is 3.44. The van der Waals surface area contributed by atoms with Crippen molar-refractivity contribution in [1.82, 2.24) is 10.2 Å². The number of fused-ring (bicyclic) bond motifs is 1. The molecule has 0 bridgehead atoms. The first-order valence-electron chi connectivity index (χ1n) is 7.61. The van der Waals surface area contributed by atoms with Gasteiger partial charge in [-0.2, -0.15) is 0 Å². The highest BCUT2D eigenvalue weighted by Crippen LogP contribution is 2.35. The number of hydrogen-bond acceptors (Lipinski definition) is 2. The number of rotatable bonds is 5. The summed E-state index contributed by atoms with van der Waals surface area (Å²) in [5.74, 6) is 1.03. The molecule has 1 saturated heterocycles. The molecule has 2 rings (SSSR count). The van der Waals surface area contributed by atoms with E-state index in [1.807, 2.05) is 0 Å². The number of hydrogen-bond donors (Lipinski definition) is 1. The highest BCUT2D eigenvalue weighted by Gasteiger charge is 2.35. The maximum atomic E-state index is 3.69. The predicted molar refractivity (Wildman–Crippen MR) is 74.3 cm³/mol. The summed E-state index contributed by atoms with van der Waals surface area (Å²) >= 11 is 0. The van der Waals surface area contributed by atoms with Crippen LogP contribution in [-0.2, 0) is 0 Å². The topological polar surface area (TPSA) is 15.3 Å². The second-order valence-corrected chi connectivity index (χ2v) is 6.60. The fraction of sp³-hybridized carbons (Fsp3) is 1.00. The molecule has 0 aromatic heterocycles. The summed E-state index contributed by atoms with van der Waals surface area (Å²) < 4.78 is 0. The van der Waals surface area contributed by atoms with Crippen molar-refractivity contribution in [3.8, 4) is 0 Å². The molecule has 2 nitrogen and oxygen atoms in total. The molecular formula is C15H30N2. The molecule has 2 heteroatoms. The molecule has 100 valence electrons. The minimum absolute atomic E-state index is 0.311. The van der Waals surface area contributed by atoms with Crippen molar-refractivity contribution in [2.75, 3.05) is 19.6 Å².